The van der Waals surface area contributed by atoms with Crippen LogP contribution in [-0.2, 0) is 18.8 Å². The molecule has 252 valence electrons. The Hall–Kier alpha value is -3.20. The fourth-order valence-corrected chi connectivity index (χ4v) is 5.01. The van der Waals surface area contributed by atoms with Crippen LogP contribution in [0.3, 0.4) is 0 Å². The molecule has 1 aromatic carbocycles. The van der Waals surface area contributed by atoms with Crippen molar-refractivity contribution in [1.29, 1.82) is 5.26 Å². The Kier molecular flexibility index (Phi) is 25.2. The van der Waals surface area contributed by atoms with Crippen LogP contribution in [0.2, 0.25) is 0 Å². The molecule has 1 fully saturated rings. The van der Waals surface area contributed by atoms with Crippen LogP contribution < -0.4 is 15.3 Å². The van der Waals surface area contributed by atoms with Crippen molar-refractivity contribution in [1.82, 2.24) is 19.7 Å². The van der Waals surface area contributed by atoms with Crippen molar-refractivity contribution >= 4 is 26.1 Å². The molecule has 3 heterocycles. The summed E-state index contributed by atoms with van der Waals surface area (Å²) in [5, 5.41) is 13.8. The number of nitrogens with one attached hydrogen (secondary N) is 1. The lowest BCUT2D eigenvalue weighted by atomic mass is 10.1. The SMILES string of the molecule is C#N.CCC.CCC(CC)COC.CCF.Nc1ncnn2c(C3CCC(COP(NCC=O)Oc4ccccc4)O3)ccc12. The third-order valence-electron chi connectivity index (χ3n) is 6.12. The van der Waals surface area contributed by atoms with Crippen molar-refractivity contribution in [2.75, 3.05) is 39.3 Å². The van der Waals surface area contributed by atoms with Gasteiger partial charge in [-0.05, 0) is 49.9 Å². The first-order valence-electron chi connectivity index (χ1n) is 15.3. The fourth-order valence-electron chi connectivity index (χ4n) is 3.97. The molecule has 0 saturated carbocycles. The summed E-state index contributed by atoms with van der Waals surface area (Å²) in [5.41, 5.74) is 7.61. The van der Waals surface area contributed by atoms with E-state index in [-0.39, 0.29) is 25.4 Å². The van der Waals surface area contributed by atoms with E-state index in [1.54, 1.807) is 11.6 Å². The molecule has 2 aromatic heterocycles. The minimum atomic E-state index is -1.45. The van der Waals surface area contributed by atoms with Gasteiger partial charge in [0.05, 0.1) is 31.6 Å². The maximum atomic E-state index is 10.7. The molecule has 0 radical (unpaired) electrons. The number of nitriles is 1. The molecule has 3 unspecified atom stereocenters. The molecular formula is C32H52FN6O5P. The van der Waals surface area contributed by atoms with Gasteiger partial charge in [0.1, 0.15) is 30.0 Å². The number of ether oxygens (including phenoxy) is 2. The van der Waals surface area contributed by atoms with Gasteiger partial charge >= 0.3 is 8.53 Å². The molecule has 13 heteroatoms. The van der Waals surface area contributed by atoms with Gasteiger partial charge in [-0.15, -0.1) is 0 Å². The summed E-state index contributed by atoms with van der Waals surface area (Å²) in [6.45, 7) is 14.8. The average molecular weight is 651 g/mol. The molecule has 3 aromatic rings. The summed E-state index contributed by atoms with van der Waals surface area (Å²) >= 11 is 0. The number of rotatable bonds is 13. The van der Waals surface area contributed by atoms with Crippen molar-refractivity contribution in [3.63, 3.8) is 0 Å². The lowest BCUT2D eigenvalue weighted by molar-refractivity contribution is -0.106. The molecule has 1 aliphatic rings. The molecule has 1 aliphatic heterocycles. The number of carbonyl (C=O) groups excluding carboxylic acids is 1. The van der Waals surface area contributed by atoms with Gasteiger partial charge in [0, 0.05) is 20.3 Å². The van der Waals surface area contributed by atoms with Crippen LogP contribution in [0.15, 0.2) is 48.8 Å². The predicted molar refractivity (Wildman–Crippen MR) is 178 cm³/mol. The molecular weight excluding hydrogens is 598 g/mol. The van der Waals surface area contributed by atoms with Crippen molar-refractivity contribution in [3.8, 4) is 12.3 Å². The smallest absolute Gasteiger partial charge is 0.318 e. The Bertz CT molecular complexity index is 1150. The number of anilines is 1. The van der Waals surface area contributed by atoms with E-state index in [1.165, 1.54) is 32.5 Å². The maximum Gasteiger partial charge on any atom is 0.318 e. The van der Waals surface area contributed by atoms with Gasteiger partial charge in [-0.25, -0.2) is 19.8 Å². The number of benzene rings is 1. The number of fused-ring (bicyclic) bond motifs is 1. The monoisotopic (exact) mass is 650 g/mol. The molecule has 4 rings (SSSR count). The Morgan fingerprint density at radius 3 is 2.36 bits per heavy atom. The second kappa shape index (κ2) is 27.1. The zero-order valence-electron chi connectivity index (χ0n) is 27.6. The number of hydrogen-bond acceptors (Lipinski definition) is 10. The third-order valence-corrected chi connectivity index (χ3v) is 7.32. The number of nitrogens with zero attached hydrogens (tertiary/aromatic N) is 4. The predicted octanol–water partition coefficient (Wildman–Crippen LogP) is 7.24. The van der Waals surface area contributed by atoms with E-state index in [1.807, 2.05) is 42.5 Å². The normalized spacial score (nSPS) is 15.6. The number of aldehydes is 1. The van der Waals surface area contributed by atoms with Crippen LogP contribution in [0.1, 0.15) is 78.5 Å². The number of nitrogens with two attached hydrogens (primary N) is 1. The summed E-state index contributed by atoms with van der Waals surface area (Å²) < 4.78 is 34.9. The summed E-state index contributed by atoms with van der Waals surface area (Å²) in [6.07, 6.45) is 7.48. The van der Waals surface area contributed by atoms with E-state index >= 15 is 0 Å². The highest BCUT2D eigenvalue weighted by molar-refractivity contribution is 7.45. The molecule has 0 amide bonds. The second-order valence-corrected chi connectivity index (χ2v) is 10.9. The molecule has 11 nitrogen and oxygen atoms in total. The number of aromatic nitrogens is 3. The molecule has 0 bridgehead atoms. The molecule has 3 atom stereocenters. The first kappa shape index (κ1) is 41.8. The number of alkyl halides is 1. The molecule has 3 N–H and O–H groups in total. The van der Waals surface area contributed by atoms with Crippen molar-refractivity contribution in [2.45, 2.75) is 78.9 Å². The van der Waals surface area contributed by atoms with Gasteiger partial charge in [0.25, 0.3) is 0 Å². The zero-order chi connectivity index (χ0) is 33.9. The second-order valence-electron chi connectivity index (χ2n) is 9.62. The van der Waals surface area contributed by atoms with Gasteiger partial charge < -0.3 is 29.0 Å². The van der Waals surface area contributed by atoms with Gasteiger partial charge in [0.2, 0.25) is 0 Å². The number of hydrogen-bond donors (Lipinski definition) is 2. The van der Waals surface area contributed by atoms with Gasteiger partial charge in [0.15, 0.2) is 5.82 Å². The van der Waals surface area contributed by atoms with Crippen molar-refractivity contribution < 1.29 is 27.7 Å². The third kappa shape index (κ3) is 16.6. The van der Waals surface area contributed by atoms with Crippen LogP contribution in [-0.4, -0.2) is 60.5 Å². The largest absolute Gasteiger partial charge is 0.436 e. The van der Waals surface area contributed by atoms with E-state index in [2.05, 4.69) is 49.4 Å². The number of para-hydroxylation sites is 1. The minimum absolute atomic E-state index is 0.0767. The van der Waals surface area contributed by atoms with Crippen molar-refractivity contribution in [3.05, 3.63) is 54.5 Å². The summed E-state index contributed by atoms with van der Waals surface area (Å²) in [6, 6.07) is 13.2. The van der Waals surface area contributed by atoms with Crippen molar-refractivity contribution in [2.24, 2.45) is 5.92 Å². The highest BCUT2D eigenvalue weighted by Crippen LogP contribution is 2.38. The number of nitrogen functional groups attached to an aromatic ring is 1. The van der Waals surface area contributed by atoms with E-state index in [0.29, 0.717) is 18.2 Å². The van der Waals surface area contributed by atoms with E-state index in [0.717, 1.165) is 42.9 Å². The van der Waals surface area contributed by atoms with Gasteiger partial charge in [-0.3, -0.25) is 4.39 Å². The first-order valence-corrected chi connectivity index (χ1v) is 16.5. The maximum absolute atomic E-state index is 10.7. The standard InChI is InChI=1S/C19H22N5O4P.C7H16O.C3H8.C2H5F.CHN/c20-19-17-8-7-16(24(17)22-13-21-19)18-9-6-15(27-18)12-26-29(23-10-11-25)28-14-4-2-1-3-5-14;1-4-7(5-2)6-8-3;1-3-2;1-2-3;1-2/h1-5,7-8,11,13,15,18,23H,6,9-10,12H2,(H2,20,21,22);7H,4-6H2,1-3H3;3H2,1-2H3;2H2,1H3;1H. The quantitative estimate of drug-likeness (QED) is 0.143. The number of methoxy groups -OCH3 is 1. The highest BCUT2D eigenvalue weighted by Gasteiger charge is 2.30. The van der Waals surface area contributed by atoms with Crippen LogP contribution in [0.25, 0.3) is 5.52 Å². The van der Waals surface area contributed by atoms with Crippen LogP contribution in [0, 0.1) is 17.8 Å². The Labute approximate surface area is 269 Å². The molecule has 45 heavy (non-hydrogen) atoms. The summed E-state index contributed by atoms with van der Waals surface area (Å²) in [7, 11) is 0.308. The minimum Gasteiger partial charge on any atom is -0.436 e. The highest BCUT2D eigenvalue weighted by atomic mass is 31.2. The van der Waals surface area contributed by atoms with Gasteiger partial charge in [-0.2, -0.15) is 5.10 Å². The first-order chi connectivity index (χ1) is 21.9. The number of carbonyl (C=O) groups is 1. The van der Waals surface area contributed by atoms with Crippen LogP contribution in [0.5, 0.6) is 5.75 Å². The van der Waals surface area contributed by atoms with E-state index in [4.69, 9.17) is 29.5 Å². The fraction of sp³-hybridized carbons (Fsp3) is 0.562. The lowest BCUT2D eigenvalue weighted by Crippen LogP contribution is -2.20. The van der Waals surface area contributed by atoms with E-state index in [9.17, 15) is 9.18 Å². The number of halogens is 1. The van der Waals surface area contributed by atoms with Crippen LogP contribution >= 0.6 is 8.53 Å². The Morgan fingerprint density at radius 2 is 1.80 bits per heavy atom. The van der Waals surface area contributed by atoms with Crippen LogP contribution in [0.4, 0.5) is 10.2 Å². The zero-order valence-corrected chi connectivity index (χ0v) is 28.5. The molecule has 0 spiro atoms. The van der Waals surface area contributed by atoms with Gasteiger partial charge in [-0.1, -0.05) is 65.2 Å². The molecule has 0 aliphatic carbocycles. The topological polar surface area (TPSA) is 146 Å². The molecule has 1 saturated heterocycles. The Balaban J connectivity index is 0.00000102. The summed E-state index contributed by atoms with van der Waals surface area (Å²) in [5.74, 6) is 1.90. The Morgan fingerprint density at radius 1 is 1.16 bits per heavy atom. The summed E-state index contributed by atoms with van der Waals surface area (Å²) in [4.78, 5) is 14.7. The lowest BCUT2D eigenvalue weighted by Gasteiger charge is -2.20. The average Bonchev–Trinajstić information content (AvgIpc) is 3.72. The van der Waals surface area contributed by atoms with E-state index < -0.39 is 8.53 Å².